The molecule has 1 aromatic heterocycles. The van der Waals surface area contributed by atoms with E-state index in [-0.39, 0.29) is 17.4 Å². The van der Waals surface area contributed by atoms with Gasteiger partial charge in [0.2, 0.25) is 10.0 Å². The van der Waals surface area contributed by atoms with Gasteiger partial charge in [0.25, 0.3) is 0 Å². The lowest BCUT2D eigenvalue weighted by molar-refractivity contribution is 0.118. The van der Waals surface area contributed by atoms with E-state index in [0.717, 1.165) is 12.8 Å². The standard InChI is InChI=1S/C12H21N3O4S/c1-19-10-11-3-2-4-15(8-11)20(17,18)12-7-13-14(9-12)5-6-16/h7,9,11,16H,2-6,8,10H2,1H3. The summed E-state index contributed by atoms with van der Waals surface area (Å²) in [5.41, 5.74) is 0. The maximum Gasteiger partial charge on any atom is 0.246 e. The Hall–Kier alpha value is -0.960. The van der Waals surface area contributed by atoms with Crippen molar-refractivity contribution in [3.05, 3.63) is 12.4 Å². The number of nitrogens with zero attached hydrogens (tertiary/aromatic N) is 3. The van der Waals surface area contributed by atoms with Gasteiger partial charge >= 0.3 is 0 Å². The van der Waals surface area contributed by atoms with E-state index >= 15 is 0 Å². The number of ether oxygens (including phenoxy) is 1. The first-order chi connectivity index (χ1) is 9.57. The van der Waals surface area contributed by atoms with E-state index in [4.69, 9.17) is 9.84 Å². The topological polar surface area (TPSA) is 84.7 Å². The van der Waals surface area contributed by atoms with Gasteiger partial charge in [-0.3, -0.25) is 4.68 Å². The fourth-order valence-corrected chi connectivity index (χ4v) is 3.98. The quantitative estimate of drug-likeness (QED) is 0.795. The van der Waals surface area contributed by atoms with Gasteiger partial charge in [-0.05, 0) is 18.8 Å². The van der Waals surface area contributed by atoms with Crippen molar-refractivity contribution in [3.8, 4) is 0 Å². The lowest BCUT2D eigenvalue weighted by Crippen LogP contribution is -2.41. The average Bonchev–Trinajstić information content (AvgIpc) is 2.89. The minimum Gasteiger partial charge on any atom is -0.394 e. The van der Waals surface area contributed by atoms with Crippen molar-refractivity contribution in [2.75, 3.05) is 33.4 Å². The molecular weight excluding hydrogens is 282 g/mol. The fraction of sp³-hybridized carbons (Fsp3) is 0.750. The Morgan fingerprint density at radius 1 is 1.55 bits per heavy atom. The summed E-state index contributed by atoms with van der Waals surface area (Å²) in [4.78, 5) is 0.184. The van der Waals surface area contributed by atoms with Crippen molar-refractivity contribution in [3.63, 3.8) is 0 Å². The molecule has 0 saturated carbocycles. The molecule has 2 rings (SSSR count). The summed E-state index contributed by atoms with van der Waals surface area (Å²) in [6.07, 6.45) is 4.64. The Kier molecular flexibility index (Phi) is 5.14. The third kappa shape index (κ3) is 3.38. The van der Waals surface area contributed by atoms with Crippen LogP contribution in [0.25, 0.3) is 0 Å². The van der Waals surface area contributed by atoms with Crippen molar-refractivity contribution in [2.24, 2.45) is 5.92 Å². The van der Waals surface area contributed by atoms with E-state index in [1.807, 2.05) is 0 Å². The van der Waals surface area contributed by atoms with E-state index in [2.05, 4.69) is 5.10 Å². The summed E-state index contributed by atoms with van der Waals surface area (Å²) in [6.45, 7) is 1.83. The van der Waals surface area contributed by atoms with Crippen molar-refractivity contribution in [1.29, 1.82) is 0 Å². The number of aliphatic hydroxyl groups excluding tert-OH is 1. The van der Waals surface area contributed by atoms with Crippen LogP contribution in [0.1, 0.15) is 12.8 Å². The number of methoxy groups -OCH3 is 1. The summed E-state index contributed by atoms with van der Waals surface area (Å²) in [7, 11) is -1.87. The summed E-state index contributed by atoms with van der Waals surface area (Å²) >= 11 is 0. The van der Waals surface area contributed by atoms with Crippen molar-refractivity contribution in [2.45, 2.75) is 24.3 Å². The molecule has 20 heavy (non-hydrogen) atoms. The number of rotatable bonds is 6. The Labute approximate surface area is 119 Å². The van der Waals surface area contributed by atoms with Crippen LogP contribution < -0.4 is 0 Å². The lowest BCUT2D eigenvalue weighted by atomic mass is 10.0. The number of hydrogen-bond acceptors (Lipinski definition) is 5. The summed E-state index contributed by atoms with van der Waals surface area (Å²) < 4.78 is 33.1. The number of sulfonamides is 1. The SMILES string of the molecule is COCC1CCCN(S(=O)(=O)c2cnn(CCO)c2)C1. The third-order valence-electron chi connectivity index (χ3n) is 3.46. The normalized spacial score (nSPS) is 21.2. The van der Waals surface area contributed by atoms with Crippen LogP contribution in [0.5, 0.6) is 0 Å². The van der Waals surface area contributed by atoms with E-state index in [0.29, 0.717) is 26.2 Å². The highest BCUT2D eigenvalue weighted by molar-refractivity contribution is 7.89. The second-order valence-corrected chi connectivity index (χ2v) is 6.93. The van der Waals surface area contributed by atoms with E-state index in [1.165, 1.54) is 21.4 Å². The molecule has 1 saturated heterocycles. The molecule has 1 N–H and O–H groups in total. The third-order valence-corrected chi connectivity index (χ3v) is 5.28. The molecule has 0 spiro atoms. The van der Waals surface area contributed by atoms with Gasteiger partial charge in [-0.1, -0.05) is 0 Å². The van der Waals surface area contributed by atoms with Crippen LogP contribution in [0.4, 0.5) is 0 Å². The molecule has 2 heterocycles. The van der Waals surface area contributed by atoms with Crippen LogP contribution >= 0.6 is 0 Å². The maximum absolute atomic E-state index is 12.5. The summed E-state index contributed by atoms with van der Waals surface area (Å²) in [5, 5.41) is 12.8. The van der Waals surface area contributed by atoms with Gasteiger partial charge in [0, 0.05) is 26.4 Å². The number of hydrogen-bond donors (Lipinski definition) is 1. The molecule has 1 aliphatic rings. The molecule has 1 fully saturated rings. The Balaban J connectivity index is 2.12. The van der Waals surface area contributed by atoms with Crippen LogP contribution in [-0.2, 0) is 21.3 Å². The van der Waals surface area contributed by atoms with Gasteiger partial charge < -0.3 is 9.84 Å². The van der Waals surface area contributed by atoms with Crippen LogP contribution in [0.15, 0.2) is 17.3 Å². The predicted octanol–water partition coefficient (Wildman–Crippen LogP) is -0.0775. The first-order valence-corrected chi connectivity index (χ1v) is 8.14. The van der Waals surface area contributed by atoms with Gasteiger partial charge in [0.1, 0.15) is 4.90 Å². The Morgan fingerprint density at radius 3 is 3.05 bits per heavy atom. The summed E-state index contributed by atoms with van der Waals surface area (Å²) in [6, 6.07) is 0. The Morgan fingerprint density at radius 2 is 2.35 bits per heavy atom. The smallest absolute Gasteiger partial charge is 0.246 e. The zero-order chi connectivity index (χ0) is 14.6. The molecule has 1 aliphatic heterocycles. The number of piperidine rings is 1. The van der Waals surface area contributed by atoms with Crippen LogP contribution in [0.3, 0.4) is 0 Å². The molecule has 8 heteroatoms. The zero-order valence-corrected chi connectivity index (χ0v) is 12.4. The van der Waals surface area contributed by atoms with Gasteiger partial charge in [-0.15, -0.1) is 0 Å². The molecule has 0 amide bonds. The van der Waals surface area contributed by atoms with Gasteiger partial charge in [-0.2, -0.15) is 9.40 Å². The van der Waals surface area contributed by atoms with Gasteiger partial charge in [0.15, 0.2) is 0 Å². The average molecular weight is 303 g/mol. The van der Waals surface area contributed by atoms with E-state index in [1.54, 1.807) is 7.11 Å². The van der Waals surface area contributed by atoms with Crippen LogP contribution in [0, 0.1) is 5.92 Å². The predicted molar refractivity (Wildman–Crippen MR) is 72.7 cm³/mol. The van der Waals surface area contributed by atoms with Gasteiger partial charge in [0.05, 0.1) is 26.0 Å². The molecule has 1 unspecified atom stereocenters. The molecule has 1 aromatic rings. The lowest BCUT2D eigenvalue weighted by Gasteiger charge is -2.31. The monoisotopic (exact) mass is 303 g/mol. The molecule has 7 nitrogen and oxygen atoms in total. The molecular formula is C12H21N3O4S. The van der Waals surface area contributed by atoms with Gasteiger partial charge in [-0.25, -0.2) is 8.42 Å². The van der Waals surface area contributed by atoms with Crippen LogP contribution in [0.2, 0.25) is 0 Å². The zero-order valence-electron chi connectivity index (χ0n) is 11.6. The van der Waals surface area contributed by atoms with Crippen molar-refractivity contribution < 1.29 is 18.3 Å². The van der Waals surface area contributed by atoms with Crippen molar-refractivity contribution in [1.82, 2.24) is 14.1 Å². The minimum atomic E-state index is -3.50. The molecule has 0 aliphatic carbocycles. The minimum absolute atomic E-state index is 0.0687. The first-order valence-electron chi connectivity index (χ1n) is 6.70. The highest BCUT2D eigenvalue weighted by Gasteiger charge is 2.31. The van der Waals surface area contributed by atoms with E-state index < -0.39 is 10.0 Å². The fourth-order valence-electron chi connectivity index (χ4n) is 2.47. The highest BCUT2D eigenvalue weighted by atomic mass is 32.2. The molecule has 0 aromatic carbocycles. The first kappa shape index (κ1) is 15.4. The summed E-state index contributed by atoms with van der Waals surface area (Å²) in [5.74, 6) is 0.246. The Bertz CT molecular complexity index is 527. The second-order valence-electron chi connectivity index (χ2n) is 4.99. The van der Waals surface area contributed by atoms with Crippen LogP contribution in [-0.4, -0.2) is 61.0 Å². The van der Waals surface area contributed by atoms with Crippen molar-refractivity contribution >= 4 is 10.0 Å². The maximum atomic E-state index is 12.5. The van der Waals surface area contributed by atoms with E-state index in [9.17, 15) is 8.42 Å². The molecule has 0 radical (unpaired) electrons. The second kappa shape index (κ2) is 6.66. The molecule has 1 atom stereocenters. The highest BCUT2D eigenvalue weighted by Crippen LogP contribution is 2.23. The number of aliphatic hydroxyl groups is 1. The largest absolute Gasteiger partial charge is 0.394 e. The number of aromatic nitrogens is 2. The molecule has 114 valence electrons. The molecule has 0 bridgehead atoms.